The number of methoxy groups -OCH3 is 1. The second kappa shape index (κ2) is 1.94. The van der Waals surface area contributed by atoms with E-state index in [2.05, 4.69) is 15.9 Å². The lowest BCUT2D eigenvalue weighted by Gasteiger charge is -2.11. The molecule has 0 aliphatic rings. The van der Waals surface area contributed by atoms with Gasteiger partial charge in [-0.2, -0.15) is 0 Å². The van der Waals surface area contributed by atoms with Crippen molar-refractivity contribution in [2.24, 2.45) is 0 Å². The van der Waals surface area contributed by atoms with Crippen LogP contribution in [-0.4, -0.2) is 11.6 Å². The summed E-state index contributed by atoms with van der Waals surface area (Å²) in [5, 5.41) is 0. The van der Waals surface area contributed by atoms with E-state index in [1.807, 2.05) is 13.8 Å². The number of hydrogen-bond donors (Lipinski definition) is 0. The molecule has 2 heteroatoms. The molecule has 0 N–H and O–H groups in total. The third kappa shape index (κ3) is 4.44. The summed E-state index contributed by atoms with van der Waals surface area (Å²) in [6.45, 7) is 3.88. The van der Waals surface area contributed by atoms with Gasteiger partial charge in [0.1, 0.15) is 4.51 Å². The van der Waals surface area contributed by atoms with Crippen molar-refractivity contribution in [3.63, 3.8) is 0 Å². The molecular formula is C4H9BrO. The van der Waals surface area contributed by atoms with E-state index in [9.17, 15) is 0 Å². The molecule has 0 aromatic heterocycles. The summed E-state index contributed by atoms with van der Waals surface area (Å²) in [6, 6.07) is 0. The Balaban J connectivity index is 3.17. The summed E-state index contributed by atoms with van der Waals surface area (Å²) in [6.07, 6.45) is 0. The summed E-state index contributed by atoms with van der Waals surface area (Å²) in [4.78, 5) is 0. The average Bonchev–Trinajstić information content (AvgIpc) is 1.35. The summed E-state index contributed by atoms with van der Waals surface area (Å²) in [5.41, 5.74) is 0. The quantitative estimate of drug-likeness (QED) is 0.521. The van der Waals surface area contributed by atoms with Crippen molar-refractivity contribution in [3.8, 4) is 0 Å². The minimum Gasteiger partial charge on any atom is -0.368 e. The molecule has 0 spiro atoms. The Kier molecular flexibility index (Phi) is 2.08. The molecule has 0 aliphatic heterocycles. The van der Waals surface area contributed by atoms with Gasteiger partial charge in [0.15, 0.2) is 0 Å². The van der Waals surface area contributed by atoms with Crippen molar-refractivity contribution in [1.82, 2.24) is 0 Å². The fourth-order valence-electron chi connectivity index (χ4n) is 0. The molecule has 0 aliphatic carbocycles. The topological polar surface area (TPSA) is 9.23 Å². The average molecular weight is 153 g/mol. The summed E-state index contributed by atoms with van der Waals surface area (Å²) < 4.78 is 4.71. The fraction of sp³-hybridized carbons (Fsp3) is 1.00. The van der Waals surface area contributed by atoms with Gasteiger partial charge in [-0.25, -0.2) is 0 Å². The molecule has 0 bridgehead atoms. The molecule has 0 unspecified atom stereocenters. The summed E-state index contributed by atoms with van der Waals surface area (Å²) in [5.74, 6) is 0. The minimum atomic E-state index is -0.146. The predicted molar refractivity (Wildman–Crippen MR) is 30.0 cm³/mol. The molecule has 38 valence electrons. The highest BCUT2D eigenvalue weighted by Gasteiger charge is 2.06. The van der Waals surface area contributed by atoms with Gasteiger partial charge >= 0.3 is 0 Å². The van der Waals surface area contributed by atoms with Crippen LogP contribution in [0.25, 0.3) is 0 Å². The Morgan fingerprint density at radius 3 is 1.67 bits per heavy atom. The zero-order valence-corrected chi connectivity index (χ0v) is 5.87. The number of ether oxygens (including phenoxy) is 1. The minimum absolute atomic E-state index is 0.146. The van der Waals surface area contributed by atoms with Crippen LogP contribution in [0.4, 0.5) is 0 Å². The van der Waals surface area contributed by atoms with E-state index < -0.39 is 0 Å². The van der Waals surface area contributed by atoms with Crippen LogP contribution in [0.5, 0.6) is 0 Å². The lowest BCUT2D eigenvalue weighted by molar-refractivity contribution is 0.110. The van der Waals surface area contributed by atoms with Crippen LogP contribution in [0.3, 0.4) is 0 Å². The molecule has 0 saturated heterocycles. The maximum atomic E-state index is 4.85. The van der Waals surface area contributed by atoms with Crippen LogP contribution in [-0.2, 0) is 4.74 Å². The maximum absolute atomic E-state index is 4.85. The van der Waals surface area contributed by atoms with Crippen LogP contribution in [0.2, 0.25) is 0 Å². The van der Waals surface area contributed by atoms with Crippen molar-refractivity contribution < 1.29 is 4.74 Å². The molecule has 0 aromatic carbocycles. The Hall–Kier alpha value is 0.440. The number of rotatable bonds is 1. The zero-order valence-electron chi connectivity index (χ0n) is 4.29. The lowest BCUT2D eigenvalue weighted by Crippen LogP contribution is -2.10. The second-order valence-corrected chi connectivity index (χ2v) is 3.48. The van der Waals surface area contributed by atoms with Gasteiger partial charge < -0.3 is 4.74 Å². The zero-order chi connectivity index (χ0) is 5.21. The van der Waals surface area contributed by atoms with Gasteiger partial charge in [-0.15, -0.1) is 0 Å². The normalized spacial score (nSPS) is 12.0. The number of hydrogen-bond acceptors (Lipinski definition) is 1. The Bertz CT molecular complexity index is 37.3. The van der Waals surface area contributed by atoms with Crippen LogP contribution in [0.1, 0.15) is 13.8 Å². The van der Waals surface area contributed by atoms with E-state index in [1.54, 1.807) is 7.11 Å². The van der Waals surface area contributed by atoms with Gasteiger partial charge in [0.25, 0.3) is 0 Å². The van der Waals surface area contributed by atoms with Crippen molar-refractivity contribution in [3.05, 3.63) is 0 Å². The Morgan fingerprint density at radius 1 is 1.50 bits per heavy atom. The van der Waals surface area contributed by atoms with Gasteiger partial charge in [0.2, 0.25) is 0 Å². The van der Waals surface area contributed by atoms with Gasteiger partial charge in [-0.1, -0.05) is 15.9 Å². The molecule has 0 aromatic rings. The first-order valence-corrected chi connectivity index (χ1v) is 2.59. The molecule has 0 fully saturated rings. The monoisotopic (exact) mass is 152 g/mol. The highest BCUT2D eigenvalue weighted by Crippen LogP contribution is 2.14. The largest absolute Gasteiger partial charge is 0.368 e. The predicted octanol–water partition coefficient (Wildman–Crippen LogP) is 1.76. The van der Waals surface area contributed by atoms with Crippen molar-refractivity contribution in [2.45, 2.75) is 18.4 Å². The van der Waals surface area contributed by atoms with Crippen LogP contribution in [0, 0.1) is 0 Å². The van der Waals surface area contributed by atoms with Crippen molar-refractivity contribution in [2.75, 3.05) is 7.11 Å². The highest BCUT2D eigenvalue weighted by atomic mass is 79.9. The van der Waals surface area contributed by atoms with E-state index in [0.29, 0.717) is 0 Å². The van der Waals surface area contributed by atoms with Crippen LogP contribution < -0.4 is 0 Å². The molecule has 1 nitrogen and oxygen atoms in total. The van der Waals surface area contributed by atoms with E-state index in [4.69, 9.17) is 4.74 Å². The SMILES string of the molecule is COC(C)(C)Br. The first-order chi connectivity index (χ1) is 2.56. The molecule has 6 heavy (non-hydrogen) atoms. The summed E-state index contributed by atoms with van der Waals surface area (Å²) in [7, 11) is 1.66. The number of halogens is 1. The van der Waals surface area contributed by atoms with E-state index in [1.165, 1.54) is 0 Å². The molecule has 0 amide bonds. The lowest BCUT2D eigenvalue weighted by atomic mass is 10.5. The third-order valence-corrected chi connectivity index (χ3v) is 0.809. The van der Waals surface area contributed by atoms with Crippen molar-refractivity contribution in [1.29, 1.82) is 0 Å². The molecule has 0 saturated carbocycles. The third-order valence-electron chi connectivity index (χ3n) is 0.485. The fourth-order valence-corrected chi connectivity index (χ4v) is 0. The second-order valence-electron chi connectivity index (χ2n) is 1.57. The van der Waals surface area contributed by atoms with Crippen LogP contribution >= 0.6 is 15.9 Å². The van der Waals surface area contributed by atoms with E-state index in [0.717, 1.165) is 0 Å². The van der Waals surface area contributed by atoms with Gasteiger partial charge in [-0.05, 0) is 13.8 Å². The maximum Gasteiger partial charge on any atom is 0.116 e. The highest BCUT2D eigenvalue weighted by molar-refractivity contribution is 9.10. The van der Waals surface area contributed by atoms with Gasteiger partial charge in [0.05, 0.1) is 0 Å². The molecule has 0 radical (unpaired) electrons. The van der Waals surface area contributed by atoms with Crippen LogP contribution in [0.15, 0.2) is 0 Å². The smallest absolute Gasteiger partial charge is 0.116 e. The first-order valence-electron chi connectivity index (χ1n) is 1.80. The standard InChI is InChI=1S/C4H9BrO/c1-4(2,5)6-3/h1-3H3. The molecule has 0 rings (SSSR count). The molecule has 0 heterocycles. The Morgan fingerprint density at radius 2 is 1.67 bits per heavy atom. The molecular weight excluding hydrogens is 144 g/mol. The van der Waals surface area contributed by atoms with Gasteiger partial charge in [-0.3, -0.25) is 0 Å². The summed E-state index contributed by atoms with van der Waals surface area (Å²) >= 11 is 3.26. The molecule has 0 atom stereocenters. The van der Waals surface area contributed by atoms with E-state index in [-0.39, 0.29) is 4.51 Å². The number of alkyl halides is 1. The Labute approximate surface area is 46.8 Å². The van der Waals surface area contributed by atoms with Crippen molar-refractivity contribution >= 4 is 15.9 Å². The van der Waals surface area contributed by atoms with E-state index >= 15 is 0 Å². The van der Waals surface area contributed by atoms with Gasteiger partial charge in [0, 0.05) is 7.11 Å². The first kappa shape index (κ1) is 6.44.